The Hall–Kier alpha value is -2.82. The molecule has 3 aromatic rings. The molecule has 2 aliphatic rings. The van der Waals surface area contributed by atoms with Gasteiger partial charge >= 0.3 is 0 Å². The average molecular weight is 319 g/mol. The maximum atomic E-state index is 9.81. The van der Waals surface area contributed by atoms with Crippen LogP contribution in [0.25, 0.3) is 11.5 Å². The van der Waals surface area contributed by atoms with Crippen LogP contribution in [0.15, 0.2) is 53.1 Å². The summed E-state index contributed by atoms with van der Waals surface area (Å²) in [6.07, 6.45) is 2.28. The van der Waals surface area contributed by atoms with Crippen LogP contribution in [0.4, 0.5) is 5.95 Å². The topological polar surface area (TPSA) is 62.4 Å². The first kappa shape index (κ1) is 13.6. The Morgan fingerprint density at radius 2 is 1.92 bits per heavy atom. The minimum atomic E-state index is 0.139. The normalized spacial score (nSPS) is 17.8. The van der Waals surface area contributed by atoms with E-state index in [1.807, 2.05) is 42.5 Å². The number of hydrogen-bond acceptors (Lipinski definition) is 5. The molecule has 1 spiro atoms. The molecule has 0 bridgehead atoms. The van der Waals surface area contributed by atoms with Gasteiger partial charge < -0.3 is 14.5 Å². The molecule has 1 aromatic heterocycles. The molecule has 1 N–H and O–H groups in total. The number of phenolic OH excluding ortho intramolecular Hbond substituents is 1. The lowest BCUT2D eigenvalue weighted by Gasteiger charge is -2.34. The molecule has 0 unspecified atom stereocenters. The van der Waals surface area contributed by atoms with Crippen molar-refractivity contribution in [1.29, 1.82) is 0 Å². The Labute approximate surface area is 139 Å². The fourth-order valence-corrected chi connectivity index (χ4v) is 3.67. The minimum absolute atomic E-state index is 0.139. The van der Waals surface area contributed by atoms with Crippen LogP contribution in [-0.2, 0) is 12.0 Å². The maximum Gasteiger partial charge on any atom is 0.266 e. The van der Waals surface area contributed by atoms with E-state index in [1.54, 1.807) is 6.07 Å². The summed E-state index contributed by atoms with van der Waals surface area (Å²) in [5, 5.41) is 14.0. The van der Waals surface area contributed by atoms with Crippen molar-refractivity contribution in [3.8, 4) is 17.2 Å². The number of fused-ring (bicyclic) bond motifs is 2. The van der Waals surface area contributed by atoms with Gasteiger partial charge in [0.2, 0.25) is 0 Å². The quantitative estimate of drug-likeness (QED) is 0.783. The molecule has 24 heavy (non-hydrogen) atoms. The second-order valence-electron chi connectivity index (χ2n) is 6.74. The number of phenols is 1. The molecular formula is C19H17N3O2. The van der Waals surface area contributed by atoms with Gasteiger partial charge in [-0.05, 0) is 53.4 Å². The van der Waals surface area contributed by atoms with Crippen LogP contribution < -0.4 is 4.90 Å². The summed E-state index contributed by atoms with van der Waals surface area (Å²) in [6.45, 7) is 1.61. The second-order valence-corrected chi connectivity index (χ2v) is 6.74. The maximum absolute atomic E-state index is 9.81. The van der Waals surface area contributed by atoms with E-state index in [2.05, 4.69) is 15.0 Å². The molecule has 0 atom stereocenters. The van der Waals surface area contributed by atoms with Gasteiger partial charge in [0.15, 0.2) is 0 Å². The molecule has 1 fully saturated rings. The third kappa shape index (κ3) is 2.08. The molecule has 1 aliphatic heterocycles. The molecule has 0 amide bonds. The Balaban J connectivity index is 1.49. The molecule has 5 heteroatoms. The lowest BCUT2D eigenvalue weighted by atomic mass is 9.87. The second kappa shape index (κ2) is 4.84. The van der Waals surface area contributed by atoms with Crippen molar-refractivity contribution in [1.82, 2.24) is 10.1 Å². The van der Waals surface area contributed by atoms with Crippen molar-refractivity contribution in [3.05, 3.63) is 59.7 Å². The third-order valence-corrected chi connectivity index (χ3v) is 5.09. The van der Waals surface area contributed by atoms with Crippen LogP contribution in [0.2, 0.25) is 0 Å². The van der Waals surface area contributed by atoms with Crippen molar-refractivity contribution in [2.45, 2.75) is 24.8 Å². The van der Waals surface area contributed by atoms with Crippen molar-refractivity contribution >= 4 is 5.95 Å². The van der Waals surface area contributed by atoms with Gasteiger partial charge in [-0.2, -0.15) is 4.98 Å². The first-order valence-electron chi connectivity index (χ1n) is 8.20. The van der Waals surface area contributed by atoms with Crippen LogP contribution in [0.1, 0.15) is 24.0 Å². The Morgan fingerprint density at radius 1 is 1.08 bits per heavy atom. The van der Waals surface area contributed by atoms with Gasteiger partial charge in [-0.25, -0.2) is 0 Å². The highest BCUT2D eigenvalue weighted by atomic mass is 16.5. The van der Waals surface area contributed by atoms with Crippen molar-refractivity contribution < 1.29 is 9.63 Å². The first-order chi connectivity index (χ1) is 11.7. The van der Waals surface area contributed by atoms with Crippen molar-refractivity contribution in [2.24, 2.45) is 0 Å². The first-order valence-corrected chi connectivity index (χ1v) is 8.20. The number of rotatable bonds is 2. The summed E-state index contributed by atoms with van der Waals surface area (Å²) in [6, 6.07) is 15.5. The van der Waals surface area contributed by atoms with Crippen LogP contribution in [0.3, 0.4) is 0 Å². The van der Waals surface area contributed by atoms with Crippen LogP contribution in [0.5, 0.6) is 5.75 Å². The molecular weight excluding hydrogens is 302 g/mol. The predicted octanol–water partition coefficient (Wildman–Crippen LogP) is 3.49. The van der Waals surface area contributed by atoms with Crippen molar-refractivity contribution in [3.63, 3.8) is 0 Å². The smallest absolute Gasteiger partial charge is 0.266 e. The van der Waals surface area contributed by atoms with E-state index in [1.165, 1.54) is 11.1 Å². The van der Waals surface area contributed by atoms with Crippen molar-refractivity contribution in [2.75, 3.05) is 11.4 Å². The van der Waals surface area contributed by atoms with E-state index in [9.17, 15) is 5.11 Å². The summed E-state index contributed by atoms with van der Waals surface area (Å²) in [4.78, 5) is 6.77. The number of hydrogen-bond donors (Lipinski definition) is 1. The highest BCUT2D eigenvalue weighted by Gasteiger charge is 2.49. The molecule has 1 aliphatic carbocycles. The monoisotopic (exact) mass is 319 g/mol. The van der Waals surface area contributed by atoms with E-state index in [4.69, 9.17) is 4.52 Å². The molecule has 0 saturated heterocycles. The minimum Gasteiger partial charge on any atom is -0.508 e. The lowest BCUT2D eigenvalue weighted by molar-refractivity contribution is 0.426. The number of benzene rings is 2. The highest BCUT2D eigenvalue weighted by Crippen LogP contribution is 2.53. The molecule has 2 aromatic carbocycles. The number of aromatic hydroxyl groups is 1. The molecule has 1 saturated carbocycles. The average Bonchev–Trinajstić information content (AvgIpc) is 3.20. The molecule has 0 radical (unpaired) electrons. The van der Waals surface area contributed by atoms with E-state index >= 15 is 0 Å². The number of aromatic nitrogens is 2. The fraction of sp³-hybridized carbons (Fsp3) is 0.263. The molecule has 120 valence electrons. The standard InChI is InChI=1S/C19H17N3O2/c23-15-7-6-14-11-22(12-19(8-9-19)16(14)10-15)18-20-17(24-21-18)13-4-2-1-3-5-13/h1-7,10,23H,8-9,11-12H2. The number of anilines is 1. The molecule has 2 heterocycles. The predicted molar refractivity (Wildman–Crippen MR) is 89.8 cm³/mol. The third-order valence-electron chi connectivity index (χ3n) is 5.09. The van der Waals surface area contributed by atoms with Gasteiger partial charge in [0.1, 0.15) is 5.75 Å². The van der Waals surface area contributed by atoms with Gasteiger partial charge in [-0.1, -0.05) is 24.3 Å². The summed E-state index contributed by atoms with van der Waals surface area (Å²) in [7, 11) is 0. The zero-order chi connectivity index (χ0) is 16.1. The Bertz CT molecular complexity index is 900. The van der Waals surface area contributed by atoms with Gasteiger partial charge in [0.25, 0.3) is 11.8 Å². The lowest BCUT2D eigenvalue weighted by Crippen LogP contribution is -2.38. The number of nitrogens with zero attached hydrogens (tertiary/aromatic N) is 3. The summed E-state index contributed by atoms with van der Waals surface area (Å²) < 4.78 is 5.46. The van der Waals surface area contributed by atoms with Gasteiger partial charge in [0, 0.05) is 24.1 Å². The van der Waals surface area contributed by atoms with Crippen LogP contribution in [-0.4, -0.2) is 21.8 Å². The van der Waals surface area contributed by atoms with E-state index in [0.29, 0.717) is 17.6 Å². The fourth-order valence-electron chi connectivity index (χ4n) is 3.67. The van der Waals surface area contributed by atoms with Crippen LogP contribution >= 0.6 is 0 Å². The van der Waals surface area contributed by atoms with Gasteiger partial charge in [0.05, 0.1) is 0 Å². The Kier molecular flexibility index (Phi) is 2.74. The zero-order valence-electron chi connectivity index (χ0n) is 13.1. The van der Waals surface area contributed by atoms with Crippen LogP contribution in [0, 0.1) is 0 Å². The summed E-state index contributed by atoms with van der Waals surface area (Å²) in [5.74, 6) is 1.53. The highest BCUT2D eigenvalue weighted by molar-refractivity contribution is 5.56. The summed E-state index contributed by atoms with van der Waals surface area (Å²) >= 11 is 0. The largest absolute Gasteiger partial charge is 0.508 e. The van der Waals surface area contributed by atoms with E-state index < -0.39 is 0 Å². The van der Waals surface area contributed by atoms with Gasteiger partial charge in [-0.3, -0.25) is 0 Å². The zero-order valence-corrected chi connectivity index (χ0v) is 13.1. The van der Waals surface area contributed by atoms with E-state index in [-0.39, 0.29) is 5.41 Å². The summed E-state index contributed by atoms with van der Waals surface area (Å²) in [5.41, 5.74) is 3.59. The molecule has 5 nitrogen and oxygen atoms in total. The van der Waals surface area contributed by atoms with Gasteiger partial charge in [-0.15, -0.1) is 0 Å². The Morgan fingerprint density at radius 3 is 2.71 bits per heavy atom. The SMILES string of the molecule is Oc1ccc2c(c1)C1(CC1)CN(c1noc(-c3ccccc3)n1)C2. The van der Waals surface area contributed by atoms with E-state index in [0.717, 1.165) is 31.5 Å². The molecule has 5 rings (SSSR count).